The summed E-state index contributed by atoms with van der Waals surface area (Å²) in [6.45, 7) is 0.761. The summed E-state index contributed by atoms with van der Waals surface area (Å²) in [6.07, 6.45) is -1.72. The second-order valence-electron chi connectivity index (χ2n) is 5.18. The van der Waals surface area contributed by atoms with Gasteiger partial charge in [0.25, 0.3) is 0 Å². The monoisotopic (exact) mass is 301 g/mol. The minimum Gasteiger partial charge on any atom is -0.469 e. The molecular weight excluding hydrogens is 283 g/mol. The van der Waals surface area contributed by atoms with Crippen molar-refractivity contribution in [3.05, 3.63) is 35.4 Å². The Kier molecular flexibility index (Phi) is 4.88. The Balaban J connectivity index is 2.34. The van der Waals surface area contributed by atoms with Crippen LogP contribution in [0.25, 0.3) is 0 Å². The molecule has 116 valence electrons. The molecule has 1 fully saturated rings. The fraction of sp³-hybridized carbons (Fsp3) is 0.533. The molecule has 0 radical (unpaired) electrons. The normalized spacial score (nSPS) is 20.9. The van der Waals surface area contributed by atoms with E-state index in [0.717, 1.165) is 37.9 Å². The molecule has 2 atom stereocenters. The number of hydrogen-bond acceptors (Lipinski definition) is 3. The molecule has 1 aromatic carbocycles. The highest BCUT2D eigenvalue weighted by atomic mass is 19.4. The van der Waals surface area contributed by atoms with Crippen molar-refractivity contribution < 1.29 is 22.7 Å². The van der Waals surface area contributed by atoms with Crippen LogP contribution in [0.15, 0.2) is 24.3 Å². The maximum atomic E-state index is 12.8. The lowest BCUT2D eigenvalue weighted by molar-refractivity contribution is -0.144. The van der Waals surface area contributed by atoms with E-state index in [1.54, 1.807) is 6.07 Å². The number of piperidine rings is 1. The van der Waals surface area contributed by atoms with Crippen LogP contribution in [0.2, 0.25) is 0 Å². The summed E-state index contributed by atoms with van der Waals surface area (Å²) in [5.41, 5.74) is -0.402. The van der Waals surface area contributed by atoms with Gasteiger partial charge < -0.3 is 10.1 Å². The summed E-state index contributed by atoms with van der Waals surface area (Å²) < 4.78 is 43.3. The first kappa shape index (κ1) is 15.8. The zero-order valence-electron chi connectivity index (χ0n) is 11.7. The molecule has 3 nitrogen and oxygen atoms in total. The molecule has 21 heavy (non-hydrogen) atoms. The SMILES string of the molecule is COC(=O)[C@@H](c1cccc(C(F)(F)F)c1)[C@H]1CCCCN1. The van der Waals surface area contributed by atoms with Crippen molar-refractivity contribution in [1.82, 2.24) is 5.32 Å². The van der Waals surface area contributed by atoms with E-state index < -0.39 is 23.6 Å². The number of ether oxygens (including phenoxy) is 1. The highest BCUT2D eigenvalue weighted by molar-refractivity contribution is 5.79. The Hall–Kier alpha value is -1.56. The lowest BCUT2D eigenvalue weighted by Gasteiger charge is -2.30. The van der Waals surface area contributed by atoms with Crippen molar-refractivity contribution >= 4 is 5.97 Å². The maximum absolute atomic E-state index is 12.8. The Morgan fingerprint density at radius 3 is 2.71 bits per heavy atom. The van der Waals surface area contributed by atoms with Crippen LogP contribution >= 0.6 is 0 Å². The summed E-state index contributed by atoms with van der Waals surface area (Å²) >= 11 is 0. The molecule has 0 bridgehead atoms. The first-order valence-electron chi connectivity index (χ1n) is 6.92. The largest absolute Gasteiger partial charge is 0.469 e. The van der Waals surface area contributed by atoms with E-state index in [0.29, 0.717) is 5.56 Å². The fourth-order valence-corrected chi connectivity index (χ4v) is 2.73. The van der Waals surface area contributed by atoms with E-state index in [1.807, 2.05) is 0 Å². The molecule has 0 spiro atoms. The minimum atomic E-state index is -4.42. The van der Waals surface area contributed by atoms with Crippen LogP contribution in [-0.2, 0) is 15.7 Å². The number of alkyl halides is 3. The van der Waals surface area contributed by atoms with E-state index >= 15 is 0 Å². The van der Waals surface area contributed by atoms with Crippen molar-refractivity contribution in [2.75, 3.05) is 13.7 Å². The van der Waals surface area contributed by atoms with Crippen LogP contribution in [0.4, 0.5) is 13.2 Å². The predicted molar refractivity (Wildman–Crippen MR) is 71.8 cm³/mol. The number of esters is 1. The molecule has 0 saturated carbocycles. The second-order valence-corrected chi connectivity index (χ2v) is 5.18. The van der Waals surface area contributed by atoms with Crippen molar-refractivity contribution in [3.8, 4) is 0 Å². The van der Waals surface area contributed by atoms with Gasteiger partial charge in [-0.05, 0) is 31.0 Å². The molecule has 1 aromatic rings. The summed E-state index contributed by atoms with van der Waals surface area (Å²) in [7, 11) is 1.26. The van der Waals surface area contributed by atoms with E-state index in [2.05, 4.69) is 5.32 Å². The van der Waals surface area contributed by atoms with E-state index in [9.17, 15) is 18.0 Å². The van der Waals surface area contributed by atoms with Gasteiger partial charge in [-0.25, -0.2) is 0 Å². The number of halogens is 3. The third-order valence-electron chi connectivity index (χ3n) is 3.78. The zero-order valence-corrected chi connectivity index (χ0v) is 11.7. The van der Waals surface area contributed by atoms with Gasteiger partial charge in [-0.3, -0.25) is 4.79 Å². The average molecular weight is 301 g/mol. The first-order valence-corrected chi connectivity index (χ1v) is 6.92. The van der Waals surface area contributed by atoms with Gasteiger partial charge in [-0.2, -0.15) is 13.2 Å². The molecule has 1 aliphatic rings. The Labute approximate surface area is 121 Å². The quantitative estimate of drug-likeness (QED) is 0.872. The molecule has 6 heteroatoms. The number of rotatable bonds is 3. The van der Waals surface area contributed by atoms with Crippen LogP contribution < -0.4 is 5.32 Å². The lowest BCUT2D eigenvalue weighted by Crippen LogP contribution is -2.42. The fourth-order valence-electron chi connectivity index (χ4n) is 2.73. The number of carbonyl (C=O) groups excluding carboxylic acids is 1. The van der Waals surface area contributed by atoms with E-state index in [-0.39, 0.29) is 6.04 Å². The molecular formula is C15H18F3NO2. The molecule has 1 aliphatic heterocycles. The van der Waals surface area contributed by atoms with Crippen molar-refractivity contribution in [1.29, 1.82) is 0 Å². The molecule has 1 heterocycles. The molecule has 2 rings (SSSR count). The Bertz CT molecular complexity index is 496. The van der Waals surface area contributed by atoms with Gasteiger partial charge in [0.15, 0.2) is 0 Å². The smallest absolute Gasteiger partial charge is 0.416 e. The number of hydrogen-bond donors (Lipinski definition) is 1. The van der Waals surface area contributed by atoms with Crippen molar-refractivity contribution in [3.63, 3.8) is 0 Å². The van der Waals surface area contributed by atoms with Crippen molar-refractivity contribution in [2.24, 2.45) is 0 Å². The minimum absolute atomic E-state index is 0.185. The number of nitrogens with one attached hydrogen (secondary N) is 1. The van der Waals surface area contributed by atoms with Crippen molar-refractivity contribution in [2.45, 2.75) is 37.4 Å². The summed E-state index contributed by atoms with van der Waals surface area (Å²) in [5, 5.41) is 3.21. The molecule has 0 aliphatic carbocycles. The average Bonchev–Trinajstić information content (AvgIpc) is 2.48. The summed E-state index contributed by atoms with van der Waals surface area (Å²) in [4.78, 5) is 12.0. The van der Waals surface area contributed by atoms with Gasteiger partial charge in [0.2, 0.25) is 0 Å². The Morgan fingerprint density at radius 2 is 2.14 bits per heavy atom. The summed E-state index contributed by atoms with van der Waals surface area (Å²) in [6, 6.07) is 4.74. The van der Waals surface area contributed by atoms with Gasteiger partial charge in [0.05, 0.1) is 18.6 Å². The first-order chi connectivity index (χ1) is 9.93. The summed E-state index contributed by atoms with van der Waals surface area (Å²) in [5.74, 6) is -1.22. The van der Waals surface area contributed by atoms with Gasteiger partial charge in [0, 0.05) is 6.04 Å². The van der Waals surface area contributed by atoms with Gasteiger partial charge in [0.1, 0.15) is 0 Å². The topological polar surface area (TPSA) is 38.3 Å². The third kappa shape index (κ3) is 3.75. The maximum Gasteiger partial charge on any atom is 0.416 e. The number of carbonyl (C=O) groups is 1. The third-order valence-corrected chi connectivity index (χ3v) is 3.78. The highest BCUT2D eigenvalue weighted by Crippen LogP contribution is 2.33. The van der Waals surface area contributed by atoms with Crippen LogP contribution in [0.5, 0.6) is 0 Å². The predicted octanol–water partition coefficient (Wildman–Crippen LogP) is 3.10. The van der Waals surface area contributed by atoms with E-state index in [1.165, 1.54) is 13.2 Å². The second kappa shape index (κ2) is 6.47. The molecule has 0 amide bonds. The van der Waals surface area contributed by atoms with E-state index in [4.69, 9.17) is 4.74 Å². The zero-order chi connectivity index (χ0) is 15.5. The van der Waals surface area contributed by atoms with Gasteiger partial charge in [-0.15, -0.1) is 0 Å². The van der Waals surface area contributed by atoms with Gasteiger partial charge in [-0.1, -0.05) is 24.6 Å². The molecule has 0 aromatic heterocycles. The van der Waals surface area contributed by atoms with Crippen LogP contribution in [0, 0.1) is 0 Å². The molecule has 1 N–H and O–H groups in total. The lowest BCUT2D eigenvalue weighted by atomic mass is 9.86. The number of methoxy groups -OCH3 is 1. The van der Waals surface area contributed by atoms with Gasteiger partial charge >= 0.3 is 12.1 Å². The van der Waals surface area contributed by atoms with Crippen LogP contribution in [0.3, 0.4) is 0 Å². The van der Waals surface area contributed by atoms with Crippen LogP contribution in [0.1, 0.15) is 36.3 Å². The Morgan fingerprint density at radius 1 is 1.38 bits per heavy atom. The number of benzene rings is 1. The molecule has 0 unspecified atom stereocenters. The van der Waals surface area contributed by atoms with Crippen LogP contribution in [-0.4, -0.2) is 25.7 Å². The standard InChI is InChI=1S/C15H18F3NO2/c1-21-14(20)13(12-7-2-3-8-19-12)10-5-4-6-11(9-10)15(16,17)18/h4-6,9,12-13,19H,2-3,7-8H2,1H3/t12-,13+/m1/s1. The molecule has 1 saturated heterocycles. The highest BCUT2D eigenvalue weighted by Gasteiger charge is 2.35.